The van der Waals surface area contributed by atoms with E-state index in [0.717, 1.165) is 23.5 Å². The largest absolute Gasteiger partial charge is 0.311 e. The number of fused-ring (bicyclic) bond motifs is 6. The molecular formula is C65H52NP. The van der Waals surface area contributed by atoms with Gasteiger partial charge in [-0.15, -0.1) is 9.24 Å². The van der Waals surface area contributed by atoms with E-state index in [1.807, 2.05) is 0 Å². The van der Waals surface area contributed by atoms with Crippen LogP contribution in [0, 0.1) is 0 Å². The third-order valence-electron chi connectivity index (χ3n) is 15.2. The number of para-hydroxylation sites is 1. The van der Waals surface area contributed by atoms with Gasteiger partial charge in [0.1, 0.15) is 0 Å². The lowest BCUT2D eigenvalue weighted by molar-refractivity contribution is 0.660. The van der Waals surface area contributed by atoms with Crippen molar-refractivity contribution in [2.75, 3.05) is 4.90 Å². The molecule has 2 heteroatoms. The predicted molar refractivity (Wildman–Crippen MR) is 284 cm³/mol. The maximum Gasteiger partial charge on any atom is 0.0698 e. The lowest BCUT2D eigenvalue weighted by atomic mass is 9.62. The quantitative estimate of drug-likeness (QED) is 0.103. The van der Waals surface area contributed by atoms with Crippen molar-refractivity contribution in [3.8, 4) is 22.3 Å². The predicted octanol–water partition coefficient (Wildman–Crippen LogP) is 16.6. The van der Waals surface area contributed by atoms with Gasteiger partial charge in [0.05, 0.1) is 10.6 Å². The Labute approximate surface area is 398 Å². The number of allylic oxidation sites excluding steroid dienone is 4. The molecule has 0 heterocycles. The highest BCUT2D eigenvalue weighted by molar-refractivity contribution is 7.19. The fraction of sp³-hybridized carbons (Fsp3) is 0.108. The molecule has 67 heavy (non-hydrogen) atoms. The van der Waals surface area contributed by atoms with Crippen LogP contribution in [-0.4, -0.2) is 0 Å². The van der Waals surface area contributed by atoms with Crippen molar-refractivity contribution in [1.29, 1.82) is 0 Å². The van der Waals surface area contributed by atoms with E-state index >= 15 is 0 Å². The summed E-state index contributed by atoms with van der Waals surface area (Å²) in [6, 6.07) is 87.7. The summed E-state index contributed by atoms with van der Waals surface area (Å²) in [6.45, 7) is 4.71. The average Bonchev–Trinajstić information content (AvgIpc) is 3.79. The molecule has 0 radical (unpaired) electrons. The minimum atomic E-state index is -0.596. The molecule has 0 N–H and O–H groups in total. The van der Waals surface area contributed by atoms with E-state index in [9.17, 15) is 0 Å². The molecule has 12 rings (SSSR count). The van der Waals surface area contributed by atoms with Crippen molar-refractivity contribution in [2.45, 2.75) is 42.2 Å². The van der Waals surface area contributed by atoms with Crippen molar-refractivity contribution >= 4 is 26.3 Å². The number of hydrogen-bond acceptors (Lipinski definition) is 1. The molecule has 0 fully saturated rings. The molecule has 322 valence electrons. The van der Waals surface area contributed by atoms with Gasteiger partial charge in [0, 0.05) is 28.4 Å². The van der Waals surface area contributed by atoms with Crippen LogP contribution < -0.4 is 4.90 Å². The summed E-state index contributed by atoms with van der Waals surface area (Å²) in [5, 5.41) is -0.347. The summed E-state index contributed by atoms with van der Waals surface area (Å²) in [6.07, 6.45) is 6.04. The summed E-state index contributed by atoms with van der Waals surface area (Å²) in [5.74, 6) is 0.293. The molecule has 0 aromatic heterocycles. The Kier molecular flexibility index (Phi) is 9.97. The molecule has 0 bridgehead atoms. The zero-order chi connectivity index (χ0) is 45.2. The second-order valence-electron chi connectivity index (χ2n) is 19.0. The fourth-order valence-electron chi connectivity index (χ4n) is 11.9. The summed E-state index contributed by atoms with van der Waals surface area (Å²) in [4.78, 5) is 2.38. The lowest BCUT2D eigenvalue weighted by Gasteiger charge is -2.41. The fourth-order valence-corrected chi connectivity index (χ4v) is 12.7. The molecule has 0 aliphatic heterocycles. The topological polar surface area (TPSA) is 3.24 Å². The first kappa shape index (κ1) is 41.1. The van der Waals surface area contributed by atoms with Crippen molar-refractivity contribution in [3.05, 3.63) is 304 Å². The van der Waals surface area contributed by atoms with Crippen LogP contribution in [0.2, 0.25) is 0 Å². The summed E-state index contributed by atoms with van der Waals surface area (Å²) in [7, 11) is 3.35. The van der Waals surface area contributed by atoms with Gasteiger partial charge in [0.2, 0.25) is 0 Å². The van der Waals surface area contributed by atoms with Gasteiger partial charge in [-0.05, 0) is 127 Å². The van der Waals surface area contributed by atoms with E-state index in [0.29, 0.717) is 5.92 Å². The smallest absolute Gasteiger partial charge is 0.0698 e. The van der Waals surface area contributed by atoms with Gasteiger partial charge >= 0.3 is 0 Å². The standard InChI is InChI=1S/C65H52NP/c1-63(2)59-29-17-15-27-55(59)57-41-33-46(43-61(57)63)45-31-37-53(38-32-45)66(52-25-13-6-14-26-52)54-39-34-49(35-40-54)64(47-19-7-3-8-20-47,48-21-9-4-10-22-48)51-36-42-58-56-28-16-18-30-60(56)65(67,62(58)44-51)50-23-11-5-12-24-50/h3-41,43-44,58H,42,67H2,1-2H3. The zero-order valence-corrected chi connectivity index (χ0v) is 39.1. The minimum Gasteiger partial charge on any atom is -0.311 e. The Morgan fingerprint density at radius 2 is 0.955 bits per heavy atom. The van der Waals surface area contributed by atoms with Crippen molar-refractivity contribution < 1.29 is 0 Å². The van der Waals surface area contributed by atoms with E-state index in [1.54, 1.807) is 0 Å². The van der Waals surface area contributed by atoms with E-state index in [2.05, 4.69) is 277 Å². The molecule has 0 amide bonds. The molecule has 9 aromatic rings. The van der Waals surface area contributed by atoms with Crippen LogP contribution >= 0.6 is 9.24 Å². The van der Waals surface area contributed by atoms with E-state index < -0.39 is 5.41 Å². The highest BCUT2D eigenvalue weighted by Crippen LogP contribution is 2.62. The molecule has 3 aliphatic carbocycles. The van der Waals surface area contributed by atoms with Gasteiger partial charge in [-0.3, -0.25) is 0 Å². The zero-order valence-electron chi connectivity index (χ0n) is 38.0. The van der Waals surface area contributed by atoms with Gasteiger partial charge in [-0.2, -0.15) is 0 Å². The molecule has 3 aliphatic rings. The highest BCUT2D eigenvalue weighted by atomic mass is 31.0. The van der Waals surface area contributed by atoms with Gasteiger partial charge < -0.3 is 4.90 Å². The molecule has 0 saturated heterocycles. The lowest BCUT2D eigenvalue weighted by Crippen LogP contribution is -2.33. The third-order valence-corrected chi connectivity index (χ3v) is 16.1. The van der Waals surface area contributed by atoms with Gasteiger partial charge in [0.15, 0.2) is 0 Å². The summed E-state index contributed by atoms with van der Waals surface area (Å²) >= 11 is 0. The highest BCUT2D eigenvalue weighted by Gasteiger charge is 2.49. The Morgan fingerprint density at radius 3 is 1.61 bits per heavy atom. The van der Waals surface area contributed by atoms with E-state index in [1.165, 1.54) is 77.9 Å². The van der Waals surface area contributed by atoms with Crippen LogP contribution in [0.25, 0.3) is 22.3 Å². The summed E-state index contributed by atoms with van der Waals surface area (Å²) < 4.78 is 0. The van der Waals surface area contributed by atoms with Crippen LogP contribution in [0.3, 0.4) is 0 Å². The first-order chi connectivity index (χ1) is 32.9. The Hall–Kier alpha value is -7.31. The van der Waals surface area contributed by atoms with Crippen molar-refractivity contribution in [1.82, 2.24) is 0 Å². The molecule has 3 atom stereocenters. The number of benzene rings is 9. The maximum atomic E-state index is 3.35. The van der Waals surface area contributed by atoms with Crippen LogP contribution in [0.1, 0.15) is 70.7 Å². The van der Waals surface area contributed by atoms with Gasteiger partial charge in [-0.25, -0.2) is 0 Å². The minimum absolute atomic E-state index is 0.0479. The Balaban J connectivity index is 0.973. The Morgan fingerprint density at radius 1 is 0.463 bits per heavy atom. The van der Waals surface area contributed by atoms with Crippen LogP contribution in [0.15, 0.2) is 260 Å². The van der Waals surface area contributed by atoms with Gasteiger partial charge in [-0.1, -0.05) is 220 Å². The molecular weight excluding hydrogens is 826 g/mol. The third kappa shape index (κ3) is 6.47. The maximum absolute atomic E-state index is 3.35. The van der Waals surface area contributed by atoms with Crippen LogP contribution in [0.5, 0.6) is 0 Å². The molecule has 3 unspecified atom stereocenters. The number of anilines is 3. The number of nitrogens with zero attached hydrogens (tertiary/aromatic N) is 1. The van der Waals surface area contributed by atoms with Crippen molar-refractivity contribution in [2.24, 2.45) is 0 Å². The first-order valence-electron chi connectivity index (χ1n) is 23.6. The summed E-state index contributed by atoms with van der Waals surface area (Å²) in [5.41, 5.74) is 21.2. The van der Waals surface area contributed by atoms with E-state index in [-0.39, 0.29) is 10.6 Å². The molecule has 0 spiro atoms. The van der Waals surface area contributed by atoms with Crippen LogP contribution in [0.4, 0.5) is 17.1 Å². The molecule has 9 aromatic carbocycles. The van der Waals surface area contributed by atoms with Gasteiger partial charge in [0.25, 0.3) is 0 Å². The average molecular weight is 878 g/mol. The second-order valence-corrected chi connectivity index (χ2v) is 19.9. The normalized spacial score (nSPS) is 17.6. The number of rotatable bonds is 9. The first-order valence-corrected chi connectivity index (χ1v) is 24.2. The Bertz CT molecular complexity index is 3290. The van der Waals surface area contributed by atoms with Crippen LogP contribution in [-0.2, 0) is 16.0 Å². The monoisotopic (exact) mass is 877 g/mol. The SMILES string of the molecule is CC1(C)c2ccccc2-c2ccc(-c3ccc(N(c4ccccc4)c4ccc(C(C5=CCC6C(=C5)C(P)(c5ccccc5)c5ccccc56)(c5ccccc5)c5ccccc5)cc4)cc3)cc21. The van der Waals surface area contributed by atoms with Crippen molar-refractivity contribution in [3.63, 3.8) is 0 Å². The molecule has 1 nitrogen and oxygen atoms in total. The van der Waals surface area contributed by atoms with E-state index in [4.69, 9.17) is 0 Å². The number of hydrogen-bond donors (Lipinski definition) is 0. The second kappa shape index (κ2) is 16.2. The molecule has 0 saturated carbocycles.